The van der Waals surface area contributed by atoms with Crippen LogP contribution in [0.25, 0.3) is 0 Å². The monoisotopic (exact) mass is 238 g/mol. The van der Waals surface area contributed by atoms with E-state index >= 15 is 0 Å². The molecule has 0 aromatic carbocycles. The van der Waals surface area contributed by atoms with Crippen LogP contribution in [0.5, 0.6) is 0 Å². The van der Waals surface area contributed by atoms with Crippen molar-refractivity contribution in [3.8, 4) is 0 Å². The third-order valence-corrected chi connectivity index (χ3v) is 4.72. The highest BCUT2D eigenvalue weighted by Crippen LogP contribution is 2.38. The summed E-state index contributed by atoms with van der Waals surface area (Å²) in [6.45, 7) is 3.50. The van der Waals surface area contributed by atoms with Crippen LogP contribution in [0.3, 0.4) is 0 Å². The highest BCUT2D eigenvalue weighted by atomic mass is 16.3. The minimum atomic E-state index is -0.167. The molecule has 1 saturated carbocycles. The third-order valence-electron chi connectivity index (χ3n) is 4.72. The smallest absolute Gasteiger partial charge is 0.320 e. The molecule has 3 fully saturated rings. The molecule has 1 aliphatic carbocycles. The Morgan fingerprint density at radius 2 is 1.76 bits per heavy atom. The van der Waals surface area contributed by atoms with Gasteiger partial charge in [0.2, 0.25) is 0 Å². The van der Waals surface area contributed by atoms with Crippen LogP contribution in [-0.2, 0) is 0 Å². The van der Waals surface area contributed by atoms with E-state index in [2.05, 4.69) is 0 Å². The zero-order valence-electron chi connectivity index (χ0n) is 10.3. The van der Waals surface area contributed by atoms with E-state index < -0.39 is 0 Å². The number of carbonyl (C=O) groups excluding carboxylic acids is 1. The SMILES string of the molecule is O=C(N1CCCCC1)N1CC2CCC(O)C2C1. The van der Waals surface area contributed by atoms with Crippen molar-refractivity contribution >= 4 is 6.03 Å². The number of aliphatic hydroxyl groups excluding tert-OH is 1. The van der Waals surface area contributed by atoms with Crippen molar-refractivity contribution < 1.29 is 9.90 Å². The van der Waals surface area contributed by atoms with Crippen LogP contribution in [0.2, 0.25) is 0 Å². The van der Waals surface area contributed by atoms with Gasteiger partial charge in [-0.25, -0.2) is 4.79 Å². The molecule has 17 heavy (non-hydrogen) atoms. The van der Waals surface area contributed by atoms with Gasteiger partial charge in [0.15, 0.2) is 0 Å². The maximum Gasteiger partial charge on any atom is 0.320 e. The fourth-order valence-electron chi connectivity index (χ4n) is 3.68. The molecule has 96 valence electrons. The first-order valence-corrected chi connectivity index (χ1v) is 6.97. The van der Waals surface area contributed by atoms with Crippen molar-refractivity contribution in [2.24, 2.45) is 11.8 Å². The van der Waals surface area contributed by atoms with Crippen LogP contribution >= 0.6 is 0 Å². The normalized spacial score (nSPS) is 37.4. The van der Waals surface area contributed by atoms with Crippen LogP contribution < -0.4 is 0 Å². The quantitative estimate of drug-likeness (QED) is 0.691. The third kappa shape index (κ3) is 2.03. The first-order chi connectivity index (χ1) is 8.25. The molecule has 4 nitrogen and oxygen atoms in total. The molecular weight excluding hydrogens is 216 g/mol. The van der Waals surface area contributed by atoms with Crippen molar-refractivity contribution in [2.75, 3.05) is 26.2 Å². The first kappa shape index (κ1) is 11.3. The van der Waals surface area contributed by atoms with Gasteiger partial charge >= 0.3 is 6.03 Å². The Bertz CT molecular complexity index is 302. The summed E-state index contributed by atoms with van der Waals surface area (Å²) in [4.78, 5) is 16.3. The molecule has 1 N–H and O–H groups in total. The predicted molar refractivity (Wildman–Crippen MR) is 64.6 cm³/mol. The number of amides is 2. The fraction of sp³-hybridized carbons (Fsp3) is 0.923. The Balaban J connectivity index is 1.60. The van der Waals surface area contributed by atoms with Crippen LogP contribution in [0.1, 0.15) is 32.1 Å². The minimum absolute atomic E-state index is 0.167. The maximum absolute atomic E-state index is 12.3. The standard InChI is InChI=1S/C13H22N2O2/c16-12-5-4-10-8-15(9-11(10)12)13(17)14-6-2-1-3-7-14/h10-12,16H,1-9H2. The highest BCUT2D eigenvalue weighted by molar-refractivity contribution is 5.75. The van der Waals surface area contributed by atoms with Gasteiger partial charge in [-0.1, -0.05) is 0 Å². The molecule has 3 rings (SSSR count). The second-order valence-corrected chi connectivity index (χ2v) is 5.80. The molecule has 0 radical (unpaired) electrons. The molecule has 2 saturated heterocycles. The lowest BCUT2D eigenvalue weighted by Crippen LogP contribution is -2.45. The zero-order valence-corrected chi connectivity index (χ0v) is 10.3. The average molecular weight is 238 g/mol. The van der Waals surface area contributed by atoms with E-state index in [0.29, 0.717) is 11.8 Å². The lowest BCUT2D eigenvalue weighted by molar-refractivity contribution is 0.118. The molecule has 2 heterocycles. The molecule has 0 aromatic heterocycles. The topological polar surface area (TPSA) is 43.8 Å². The Labute approximate surface area is 103 Å². The van der Waals surface area contributed by atoms with E-state index in [4.69, 9.17) is 0 Å². The molecule has 0 aromatic rings. The molecule has 0 bridgehead atoms. The number of nitrogens with zero attached hydrogens (tertiary/aromatic N) is 2. The van der Waals surface area contributed by atoms with Gasteiger partial charge in [-0.15, -0.1) is 0 Å². The van der Waals surface area contributed by atoms with Gasteiger partial charge in [0, 0.05) is 32.1 Å². The second kappa shape index (κ2) is 4.48. The van der Waals surface area contributed by atoms with Gasteiger partial charge in [-0.3, -0.25) is 0 Å². The van der Waals surface area contributed by atoms with Gasteiger partial charge in [0.1, 0.15) is 0 Å². The van der Waals surface area contributed by atoms with E-state index in [-0.39, 0.29) is 12.1 Å². The Morgan fingerprint density at radius 1 is 1.00 bits per heavy atom. The number of fused-ring (bicyclic) bond motifs is 1. The Kier molecular flexibility index (Phi) is 2.99. The number of aliphatic hydroxyl groups is 1. The highest BCUT2D eigenvalue weighted by Gasteiger charge is 2.44. The lowest BCUT2D eigenvalue weighted by atomic mass is 10.00. The molecule has 4 heteroatoms. The van der Waals surface area contributed by atoms with Gasteiger partial charge < -0.3 is 14.9 Å². The van der Waals surface area contributed by atoms with E-state index in [9.17, 15) is 9.90 Å². The Morgan fingerprint density at radius 3 is 2.47 bits per heavy atom. The molecule has 3 unspecified atom stereocenters. The fourth-order valence-corrected chi connectivity index (χ4v) is 3.68. The second-order valence-electron chi connectivity index (χ2n) is 5.80. The van der Waals surface area contributed by atoms with Crippen LogP contribution in [0.15, 0.2) is 0 Å². The van der Waals surface area contributed by atoms with Gasteiger partial charge in [0.25, 0.3) is 0 Å². The number of likely N-dealkylation sites (tertiary alicyclic amines) is 2. The average Bonchev–Trinajstić information content (AvgIpc) is 2.92. The molecular formula is C13H22N2O2. The molecule has 2 amide bonds. The van der Waals surface area contributed by atoms with Crippen molar-refractivity contribution in [2.45, 2.75) is 38.2 Å². The summed E-state index contributed by atoms with van der Waals surface area (Å²) in [5, 5.41) is 9.86. The lowest BCUT2D eigenvalue weighted by Gasteiger charge is -2.31. The summed E-state index contributed by atoms with van der Waals surface area (Å²) in [5.74, 6) is 0.905. The van der Waals surface area contributed by atoms with Crippen molar-refractivity contribution in [3.63, 3.8) is 0 Å². The van der Waals surface area contributed by atoms with E-state index in [1.807, 2.05) is 9.80 Å². The number of hydrogen-bond donors (Lipinski definition) is 1. The summed E-state index contributed by atoms with van der Waals surface area (Å²) in [7, 11) is 0. The zero-order chi connectivity index (χ0) is 11.8. The summed E-state index contributed by atoms with van der Waals surface area (Å²) < 4.78 is 0. The van der Waals surface area contributed by atoms with Crippen molar-refractivity contribution in [1.82, 2.24) is 9.80 Å². The largest absolute Gasteiger partial charge is 0.393 e. The Hall–Kier alpha value is -0.770. The predicted octanol–water partition coefficient (Wildman–Crippen LogP) is 1.30. The summed E-state index contributed by atoms with van der Waals surface area (Å²) in [6, 6.07) is 0.214. The number of urea groups is 1. The van der Waals surface area contributed by atoms with E-state index in [1.54, 1.807) is 0 Å². The van der Waals surface area contributed by atoms with Crippen molar-refractivity contribution in [1.29, 1.82) is 0 Å². The van der Waals surface area contributed by atoms with Gasteiger partial charge in [-0.2, -0.15) is 0 Å². The van der Waals surface area contributed by atoms with Gasteiger partial charge in [-0.05, 0) is 38.0 Å². The number of piperidine rings is 1. The first-order valence-electron chi connectivity index (χ1n) is 6.97. The molecule has 3 aliphatic rings. The van der Waals surface area contributed by atoms with E-state index in [1.165, 1.54) is 6.42 Å². The summed E-state index contributed by atoms with van der Waals surface area (Å²) in [6.07, 6.45) is 5.41. The van der Waals surface area contributed by atoms with Crippen LogP contribution in [0.4, 0.5) is 4.79 Å². The molecule has 0 spiro atoms. The summed E-state index contributed by atoms with van der Waals surface area (Å²) in [5.41, 5.74) is 0. The van der Waals surface area contributed by atoms with Crippen molar-refractivity contribution in [3.05, 3.63) is 0 Å². The minimum Gasteiger partial charge on any atom is -0.393 e. The molecule has 2 aliphatic heterocycles. The molecule has 3 atom stereocenters. The summed E-state index contributed by atoms with van der Waals surface area (Å²) >= 11 is 0. The number of rotatable bonds is 0. The van der Waals surface area contributed by atoms with Gasteiger partial charge in [0.05, 0.1) is 6.10 Å². The number of carbonyl (C=O) groups is 1. The maximum atomic E-state index is 12.3. The van der Waals surface area contributed by atoms with E-state index in [0.717, 1.165) is 51.9 Å². The number of hydrogen-bond acceptors (Lipinski definition) is 2. The van der Waals surface area contributed by atoms with Crippen LogP contribution in [0, 0.1) is 11.8 Å². The van der Waals surface area contributed by atoms with Crippen LogP contribution in [-0.4, -0.2) is 53.2 Å².